The molecule has 4 aromatic rings. The third-order valence-electron chi connectivity index (χ3n) is 9.51. The van der Waals surface area contributed by atoms with Crippen molar-refractivity contribution < 1.29 is 27.2 Å². The van der Waals surface area contributed by atoms with Crippen molar-refractivity contribution >= 4 is 53.2 Å². The normalized spacial score (nSPS) is 17.9. The van der Waals surface area contributed by atoms with Crippen molar-refractivity contribution in [3.05, 3.63) is 66.5 Å². The van der Waals surface area contributed by atoms with Crippen LogP contribution in [0.1, 0.15) is 33.3 Å². The Kier molecular flexibility index (Phi) is 10.0. The van der Waals surface area contributed by atoms with Crippen LogP contribution in [0, 0.1) is 0 Å². The highest BCUT2D eigenvalue weighted by molar-refractivity contribution is 7.91. The largest absolute Gasteiger partial charge is 0.494 e. The van der Waals surface area contributed by atoms with Crippen LogP contribution in [-0.4, -0.2) is 82.3 Å². The molecular weight excluding hydrogens is 657 g/mol. The molecule has 0 spiro atoms. The quantitative estimate of drug-likeness (QED) is 0.151. The van der Waals surface area contributed by atoms with Gasteiger partial charge in [-0.3, -0.25) is 4.72 Å². The predicted octanol–water partition coefficient (Wildman–Crippen LogP) is 5.49. The molecule has 0 unspecified atom stereocenters. The maximum Gasteiger partial charge on any atom is 0.494 e. The van der Waals surface area contributed by atoms with Gasteiger partial charge in [0.2, 0.25) is 10.0 Å². The van der Waals surface area contributed by atoms with E-state index in [1.807, 2.05) is 52.0 Å². The van der Waals surface area contributed by atoms with Crippen LogP contribution in [0.3, 0.4) is 0 Å². The fourth-order valence-corrected chi connectivity index (χ4v) is 7.83. The molecule has 0 atom stereocenters. The van der Waals surface area contributed by atoms with Crippen LogP contribution < -0.4 is 15.1 Å². The van der Waals surface area contributed by atoms with Gasteiger partial charge in [0.1, 0.15) is 24.5 Å². The lowest BCUT2D eigenvalue weighted by Gasteiger charge is -2.32. The number of aromatic nitrogens is 3. The van der Waals surface area contributed by atoms with Gasteiger partial charge in [0, 0.05) is 33.5 Å². The standard InChI is InChI=1S/C35H48BN5O6SSi/c1-34(2)35(3,4)47-36(46-34)28-12-8-26(9-13-28)23-48(42,43)39-29-14-10-27(11-15-29)31-22-30-32(40-16-18-44-19-17-40)37-24-38-33(30)41(31)25-45-20-21-49(5,6)7/h8-15,22,24,39H,16-21,23,25H2,1-7H3. The number of hydrogen-bond donors (Lipinski definition) is 1. The van der Waals surface area contributed by atoms with Gasteiger partial charge >= 0.3 is 7.12 Å². The van der Waals surface area contributed by atoms with Gasteiger partial charge in [-0.1, -0.05) is 56.0 Å². The topological polar surface area (TPSA) is 117 Å². The Morgan fingerprint density at radius 3 is 2.22 bits per heavy atom. The number of morpholine rings is 1. The Hall–Kier alpha value is -3.27. The number of benzene rings is 2. The molecule has 1 N–H and O–H groups in total. The van der Waals surface area contributed by atoms with E-state index >= 15 is 0 Å². The number of nitrogens with one attached hydrogen (secondary N) is 1. The number of ether oxygens (including phenoxy) is 2. The maximum atomic E-state index is 13.2. The molecule has 0 radical (unpaired) electrons. The highest BCUT2D eigenvalue weighted by Crippen LogP contribution is 2.37. The highest BCUT2D eigenvalue weighted by atomic mass is 32.2. The number of sulfonamides is 1. The molecule has 2 aromatic heterocycles. The van der Waals surface area contributed by atoms with Crippen molar-refractivity contribution in [2.24, 2.45) is 0 Å². The summed E-state index contributed by atoms with van der Waals surface area (Å²) >= 11 is 0. The van der Waals surface area contributed by atoms with Gasteiger partial charge < -0.3 is 28.2 Å². The highest BCUT2D eigenvalue weighted by Gasteiger charge is 2.51. The second-order valence-corrected chi connectivity index (χ2v) is 22.5. The van der Waals surface area contributed by atoms with E-state index in [1.54, 1.807) is 30.6 Å². The van der Waals surface area contributed by atoms with Crippen LogP contribution in [0.2, 0.25) is 25.7 Å². The fourth-order valence-electron chi connectivity index (χ4n) is 5.88. The molecule has 0 aliphatic carbocycles. The molecule has 2 aromatic carbocycles. The smallest absolute Gasteiger partial charge is 0.399 e. The summed E-state index contributed by atoms with van der Waals surface area (Å²) in [5.41, 5.74) is 3.75. The molecule has 49 heavy (non-hydrogen) atoms. The van der Waals surface area contributed by atoms with Crippen molar-refractivity contribution in [1.29, 1.82) is 0 Å². The summed E-state index contributed by atoms with van der Waals surface area (Å²) in [5, 5.41) is 0.947. The summed E-state index contributed by atoms with van der Waals surface area (Å²) in [7, 11) is -5.43. The predicted molar refractivity (Wildman–Crippen MR) is 199 cm³/mol. The van der Waals surface area contributed by atoms with E-state index in [9.17, 15) is 8.42 Å². The molecule has 14 heteroatoms. The maximum absolute atomic E-state index is 13.2. The van der Waals surface area contributed by atoms with Gasteiger partial charge in [0.15, 0.2) is 0 Å². The van der Waals surface area contributed by atoms with Gasteiger partial charge in [0.25, 0.3) is 0 Å². The van der Waals surface area contributed by atoms with Crippen LogP contribution in [0.5, 0.6) is 0 Å². The first kappa shape index (κ1) is 35.6. The van der Waals surface area contributed by atoms with Crippen LogP contribution in [-0.2, 0) is 41.3 Å². The zero-order valence-electron chi connectivity index (χ0n) is 29.7. The molecule has 6 rings (SSSR count). The average molecular weight is 706 g/mol. The molecule has 2 saturated heterocycles. The molecule has 11 nitrogen and oxygen atoms in total. The SMILES string of the molecule is CC1(C)OB(c2ccc(CS(=O)(=O)Nc3ccc(-c4cc5c(N6CCOCC6)ncnc5n4COCC[Si](C)(C)C)cc3)cc2)OC1(C)C. The van der Waals surface area contributed by atoms with Gasteiger partial charge in [0.05, 0.1) is 41.2 Å². The lowest BCUT2D eigenvalue weighted by atomic mass is 9.79. The Morgan fingerprint density at radius 2 is 1.59 bits per heavy atom. The molecule has 2 aliphatic rings. The monoisotopic (exact) mass is 705 g/mol. The molecule has 0 amide bonds. The molecular formula is C35H48BN5O6SSi. The van der Waals surface area contributed by atoms with Gasteiger partial charge in [-0.05, 0) is 68.5 Å². The van der Waals surface area contributed by atoms with E-state index < -0.39 is 36.4 Å². The third-order valence-corrected chi connectivity index (χ3v) is 12.5. The Morgan fingerprint density at radius 1 is 0.939 bits per heavy atom. The summed E-state index contributed by atoms with van der Waals surface area (Å²) in [6, 6.07) is 17.9. The van der Waals surface area contributed by atoms with Crippen molar-refractivity contribution in [2.45, 2.75) is 77.1 Å². The van der Waals surface area contributed by atoms with Gasteiger partial charge in [-0.25, -0.2) is 18.4 Å². The first-order valence-corrected chi connectivity index (χ1v) is 22.3. The van der Waals surface area contributed by atoms with E-state index in [0.29, 0.717) is 37.8 Å². The summed E-state index contributed by atoms with van der Waals surface area (Å²) in [6.07, 6.45) is 1.61. The number of hydrogen-bond acceptors (Lipinski definition) is 9. The lowest BCUT2D eigenvalue weighted by molar-refractivity contribution is 0.00578. The van der Waals surface area contributed by atoms with Crippen molar-refractivity contribution in [3.8, 4) is 11.3 Å². The molecule has 262 valence electrons. The summed E-state index contributed by atoms with van der Waals surface area (Å²) in [6.45, 7) is 18.9. The van der Waals surface area contributed by atoms with Crippen LogP contribution in [0.15, 0.2) is 60.9 Å². The van der Waals surface area contributed by atoms with Crippen molar-refractivity contribution in [3.63, 3.8) is 0 Å². The lowest BCUT2D eigenvalue weighted by Crippen LogP contribution is -2.41. The first-order chi connectivity index (χ1) is 23.1. The van der Waals surface area contributed by atoms with E-state index in [1.165, 1.54) is 0 Å². The molecule has 0 bridgehead atoms. The molecule has 2 aliphatic heterocycles. The Labute approximate surface area is 291 Å². The van der Waals surface area contributed by atoms with E-state index in [-0.39, 0.29) is 5.75 Å². The minimum atomic E-state index is -3.68. The van der Waals surface area contributed by atoms with Crippen LogP contribution >= 0.6 is 0 Å². The van der Waals surface area contributed by atoms with E-state index in [0.717, 1.165) is 52.7 Å². The van der Waals surface area contributed by atoms with Crippen molar-refractivity contribution in [2.75, 3.05) is 42.5 Å². The Bertz CT molecular complexity index is 1860. The summed E-state index contributed by atoms with van der Waals surface area (Å²) in [5.74, 6) is 0.716. The first-order valence-electron chi connectivity index (χ1n) is 16.9. The van der Waals surface area contributed by atoms with Crippen LogP contribution in [0.4, 0.5) is 11.5 Å². The van der Waals surface area contributed by atoms with E-state index in [2.05, 4.69) is 49.9 Å². The molecule has 0 saturated carbocycles. The minimum Gasteiger partial charge on any atom is -0.399 e. The van der Waals surface area contributed by atoms with E-state index in [4.69, 9.17) is 18.8 Å². The van der Waals surface area contributed by atoms with Gasteiger partial charge in [-0.2, -0.15) is 0 Å². The number of fused-ring (bicyclic) bond motifs is 1. The number of anilines is 2. The fraction of sp³-hybridized carbons (Fsp3) is 0.486. The zero-order chi connectivity index (χ0) is 35.0. The summed E-state index contributed by atoms with van der Waals surface area (Å²) in [4.78, 5) is 11.6. The van der Waals surface area contributed by atoms with Crippen molar-refractivity contribution in [1.82, 2.24) is 14.5 Å². The second kappa shape index (κ2) is 13.8. The third kappa shape index (κ3) is 8.21. The Balaban J connectivity index is 1.18. The second-order valence-electron chi connectivity index (χ2n) is 15.1. The zero-order valence-corrected chi connectivity index (χ0v) is 31.5. The summed E-state index contributed by atoms with van der Waals surface area (Å²) < 4.78 is 55.3. The molecule has 4 heterocycles. The van der Waals surface area contributed by atoms with Crippen LogP contribution in [0.25, 0.3) is 22.3 Å². The number of nitrogens with zero attached hydrogens (tertiary/aromatic N) is 4. The minimum absolute atomic E-state index is 0.162. The number of rotatable bonds is 12. The van der Waals surface area contributed by atoms with Gasteiger partial charge in [-0.15, -0.1) is 0 Å². The molecule has 2 fully saturated rings. The average Bonchev–Trinajstić information content (AvgIpc) is 3.51.